The Kier molecular flexibility index (Phi) is 4.21. The molecule has 0 atom stereocenters. The molecule has 7 nitrogen and oxygen atoms in total. The second kappa shape index (κ2) is 5.90. The minimum atomic E-state index is -0.382. The Hall–Kier alpha value is -2.44. The SMILES string of the molecule is Cc1cnc(COc2cnn(C(C)C)c2)c(C)c1[N+](=O)[O-]. The Morgan fingerprint density at radius 2 is 2.10 bits per heavy atom. The first-order valence-corrected chi connectivity index (χ1v) is 6.66. The van der Waals surface area contributed by atoms with Crippen molar-refractivity contribution in [2.45, 2.75) is 40.3 Å². The molecule has 0 spiro atoms. The summed E-state index contributed by atoms with van der Waals surface area (Å²) in [5.41, 5.74) is 1.75. The lowest BCUT2D eigenvalue weighted by Crippen LogP contribution is -2.05. The molecule has 2 aromatic heterocycles. The molecular formula is C14H18N4O3. The molecule has 2 rings (SSSR count). The first-order valence-electron chi connectivity index (χ1n) is 6.66. The van der Waals surface area contributed by atoms with Gasteiger partial charge in [-0.25, -0.2) is 0 Å². The third-order valence-corrected chi connectivity index (χ3v) is 3.24. The summed E-state index contributed by atoms with van der Waals surface area (Å²) in [5.74, 6) is 0.619. The Labute approximate surface area is 122 Å². The van der Waals surface area contributed by atoms with Crippen LogP contribution >= 0.6 is 0 Å². The molecule has 21 heavy (non-hydrogen) atoms. The molecule has 2 heterocycles. The fourth-order valence-electron chi connectivity index (χ4n) is 2.02. The van der Waals surface area contributed by atoms with E-state index >= 15 is 0 Å². The van der Waals surface area contributed by atoms with Gasteiger partial charge < -0.3 is 4.74 Å². The van der Waals surface area contributed by atoms with Crippen molar-refractivity contribution in [3.8, 4) is 5.75 Å². The van der Waals surface area contributed by atoms with E-state index in [0.29, 0.717) is 22.6 Å². The first-order chi connectivity index (χ1) is 9.90. The Balaban J connectivity index is 2.16. The van der Waals surface area contributed by atoms with E-state index in [9.17, 15) is 10.1 Å². The van der Waals surface area contributed by atoms with Crippen LogP contribution in [0, 0.1) is 24.0 Å². The van der Waals surface area contributed by atoms with Crippen molar-refractivity contribution in [2.75, 3.05) is 0 Å². The van der Waals surface area contributed by atoms with Gasteiger partial charge in [0, 0.05) is 17.8 Å². The van der Waals surface area contributed by atoms with Crippen LogP contribution in [0.15, 0.2) is 18.6 Å². The second-order valence-electron chi connectivity index (χ2n) is 5.16. The highest BCUT2D eigenvalue weighted by molar-refractivity contribution is 5.47. The number of aromatic nitrogens is 3. The molecule has 0 aliphatic carbocycles. The first kappa shape index (κ1) is 15.0. The highest BCUT2D eigenvalue weighted by atomic mass is 16.6. The third-order valence-electron chi connectivity index (χ3n) is 3.24. The number of pyridine rings is 1. The monoisotopic (exact) mass is 290 g/mol. The molecule has 0 aromatic carbocycles. The molecule has 112 valence electrons. The number of ether oxygens (including phenoxy) is 1. The Morgan fingerprint density at radius 3 is 2.67 bits per heavy atom. The van der Waals surface area contributed by atoms with Crippen molar-refractivity contribution >= 4 is 5.69 Å². The minimum absolute atomic E-state index is 0.0986. The fraction of sp³-hybridized carbons (Fsp3) is 0.429. The van der Waals surface area contributed by atoms with Crippen LogP contribution in [0.5, 0.6) is 5.75 Å². The molecule has 0 aliphatic heterocycles. The summed E-state index contributed by atoms with van der Waals surface area (Å²) < 4.78 is 7.39. The van der Waals surface area contributed by atoms with Crippen LogP contribution in [-0.4, -0.2) is 19.7 Å². The van der Waals surface area contributed by atoms with E-state index in [1.807, 2.05) is 13.8 Å². The van der Waals surface area contributed by atoms with Crippen LogP contribution in [0.1, 0.15) is 36.7 Å². The van der Waals surface area contributed by atoms with Gasteiger partial charge in [-0.1, -0.05) is 0 Å². The van der Waals surface area contributed by atoms with Crippen LogP contribution in [0.25, 0.3) is 0 Å². The average molecular weight is 290 g/mol. The third kappa shape index (κ3) is 3.18. The lowest BCUT2D eigenvalue weighted by molar-refractivity contribution is -0.386. The predicted molar refractivity (Wildman–Crippen MR) is 77.3 cm³/mol. The topological polar surface area (TPSA) is 83.1 Å². The fourth-order valence-corrected chi connectivity index (χ4v) is 2.02. The zero-order valence-corrected chi connectivity index (χ0v) is 12.5. The summed E-state index contributed by atoms with van der Waals surface area (Å²) >= 11 is 0. The lowest BCUT2D eigenvalue weighted by atomic mass is 10.1. The Bertz CT molecular complexity index is 664. The van der Waals surface area contributed by atoms with E-state index in [1.165, 1.54) is 6.20 Å². The number of aryl methyl sites for hydroxylation is 1. The second-order valence-corrected chi connectivity index (χ2v) is 5.16. The van der Waals surface area contributed by atoms with Crippen molar-refractivity contribution < 1.29 is 9.66 Å². The van der Waals surface area contributed by atoms with E-state index < -0.39 is 0 Å². The van der Waals surface area contributed by atoms with Gasteiger partial charge in [0.2, 0.25) is 0 Å². The number of nitrogens with zero attached hydrogens (tertiary/aromatic N) is 4. The van der Waals surface area contributed by atoms with Gasteiger partial charge in [0.25, 0.3) is 5.69 Å². The van der Waals surface area contributed by atoms with Crippen LogP contribution in [-0.2, 0) is 6.61 Å². The molecule has 0 N–H and O–H groups in total. The summed E-state index contributed by atoms with van der Waals surface area (Å²) in [6, 6.07) is 0.252. The van der Waals surface area contributed by atoms with Crippen molar-refractivity contribution in [2.24, 2.45) is 0 Å². The van der Waals surface area contributed by atoms with Gasteiger partial charge in [-0.05, 0) is 27.7 Å². The molecule has 0 radical (unpaired) electrons. The predicted octanol–water partition coefficient (Wildman–Crippen LogP) is 2.96. The lowest BCUT2D eigenvalue weighted by Gasteiger charge is -2.08. The van der Waals surface area contributed by atoms with Gasteiger partial charge in [-0.3, -0.25) is 19.8 Å². The summed E-state index contributed by atoms with van der Waals surface area (Å²) in [6.45, 7) is 7.58. The van der Waals surface area contributed by atoms with E-state index in [1.54, 1.807) is 30.9 Å². The molecule has 0 unspecified atom stereocenters. The van der Waals surface area contributed by atoms with Gasteiger partial charge >= 0.3 is 0 Å². The van der Waals surface area contributed by atoms with Crippen molar-refractivity contribution in [3.05, 3.63) is 45.5 Å². The smallest absolute Gasteiger partial charge is 0.278 e. The maximum Gasteiger partial charge on any atom is 0.278 e. The normalized spacial score (nSPS) is 10.9. The quantitative estimate of drug-likeness (QED) is 0.624. The van der Waals surface area contributed by atoms with Crippen molar-refractivity contribution in [1.29, 1.82) is 0 Å². The molecule has 0 aliphatic rings. The molecule has 0 bridgehead atoms. The molecule has 0 saturated heterocycles. The molecule has 0 amide bonds. The van der Waals surface area contributed by atoms with E-state index in [0.717, 1.165) is 0 Å². The van der Waals surface area contributed by atoms with Gasteiger partial charge in [-0.2, -0.15) is 5.10 Å². The highest BCUT2D eigenvalue weighted by Crippen LogP contribution is 2.25. The van der Waals surface area contributed by atoms with Gasteiger partial charge in [0.1, 0.15) is 6.61 Å². The maximum atomic E-state index is 11.1. The number of rotatable bonds is 5. The van der Waals surface area contributed by atoms with Crippen molar-refractivity contribution in [1.82, 2.24) is 14.8 Å². The van der Waals surface area contributed by atoms with E-state index in [-0.39, 0.29) is 23.3 Å². The standard InChI is InChI=1S/C14H18N4O3/c1-9(2)17-7-12(6-16-17)21-8-13-11(4)14(18(19)20)10(3)5-15-13/h5-7,9H,8H2,1-4H3. The van der Waals surface area contributed by atoms with Crippen LogP contribution in [0.2, 0.25) is 0 Å². The molecule has 2 aromatic rings. The molecule has 0 fully saturated rings. The van der Waals surface area contributed by atoms with Crippen LogP contribution in [0.3, 0.4) is 0 Å². The zero-order chi connectivity index (χ0) is 15.6. The van der Waals surface area contributed by atoms with Crippen LogP contribution in [0.4, 0.5) is 5.69 Å². The van der Waals surface area contributed by atoms with Gasteiger partial charge in [-0.15, -0.1) is 0 Å². The summed E-state index contributed by atoms with van der Waals surface area (Å²) in [6.07, 6.45) is 4.92. The molecule has 7 heteroatoms. The van der Waals surface area contributed by atoms with E-state index in [2.05, 4.69) is 10.1 Å². The summed E-state index contributed by atoms with van der Waals surface area (Å²) in [4.78, 5) is 14.9. The zero-order valence-electron chi connectivity index (χ0n) is 12.5. The van der Waals surface area contributed by atoms with Gasteiger partial charge in [0.15, 0.2) is 5.75 Å². The van der Waals surface area contributed by atoms with Crippen molar-refractivity contribution in [3.63, 3.8) is 0 Å². The number of hydrogen-bond donors (Lipinski definition) is 0. The maximum absolute atomic E-state index is 11.1. The van der Waals surface area contributed by atoms with Crippen LogP contribution < -0.4 is 4.74 Å². The molecular weight excluding hydrogens is 272 g/mol. The summed E-state index contributed by atoms with van der Waals surface area (Å²) in [7, 11) is 0. The Morgan fingerprint density at radius 1 is 1.38 bits per heavy atom. The molecule has 0 saturated carbocycles. The largest absolute Gasteiger partial charge is 0.484 e. The average Bonchev–Trinajstić information content (AvgIpc) is 2.86. The highest BCUT2D eigenvalue weighted by Gasteiger charge is 2.19. The number of nitro groups is 1. The minimum Gasteiger partial charge on any atom is -0.484 e. The van der Waals surface area contributed by atoms with E-state index in [4.69, 9.17) is 4.74 Å². The summed E-state index contributed by atoms with van der Waals surface area (Å²) in [5, 5.41) is 15.2. The number of hydrogen-bond acceptors (Lipinski definition) is 5. The van der Waals surface area contributed by atoms with Gasteiger partial charge in [0.05, 0.1) is 28.6 Å².